The summed E-state index contributed by atoms with van der Waals surface area (Å²) in [7, 11) is 2.58. The zero-order chi connectivity index (χ0) is 25.6. The van der Waals surface area contributed by atoms with Gasteiger partial charge in [0.2, 0.25) is 0 Å². The Balaban J connectivity index is 0.000000331. The monoisotopic (exact) mass is 474 g/mol. The molecule has 0 aromatic rings. The van der Waals surface area contributed by atoms with Crippen LogP contribution in [0, 0.1) is 0 Å². The first kappa shape index (κ1) is 28.5. The molecule has 0 spiro atoms. The third-order valence-corrected chi connectivity index (χ3v) is 4.73. The molecule has 11 nitrogen and oxygen atoms in total. The molecule has 2 aliphatic heterocycles. The molecule has 33 heavy (non-hydrogen) atoms. The minimum absolute atomic E-state index is 0.0919. The second-order valence-electron chi connectivity index (χ2n) is 9.92. The first-order valence-electron chi connectivity index (χ1n) is 10.9. The number of esters is 2. The van der Waals surface area contributed by atoms with E-state index in [9.17, 15) is 24.3 Å². The van der Waals surface area contributed by atoms with Gasteiger partial charge in [-0.1, -0.05) is 0 Å². The van der Waals surface area contributed by atoms with Crippen LogP contribution < -0.4 is 0 Å². The molecule has 2 heterocycles. The van der Waals surface area contributed by atoms with Crippen LogP contribution in [0.3, 0.4) is 0 Å². The average molecular weight is 475 g/mol. The molecule has 2 fully saturated rings. The number of carbonyl (C=O) groups excluding carboxylic acids is 4. The number of hydrogen-bond donors (Lipinski definition) is 1. The molecule has 11 heteroatoms. The lowest BCUT2D eigenvalue weighted by Gasteiger charge is -2.27. The van der Waals surface area contributed by atoms with Crippen molar-refractivity contribution >= 4 is 24.1 Å². The van der Waals surface area contributed by atoms with E-state index < -0.39 is 47.5 Å². The van der Waals surface area contributed by atoms with Gasteiger partial charge in [0.25, 0.3) is 0 Å². The summed E-state index contributed by atoms with van der Waals surface area (Å²) in [5.74, 6) is -0.907. The van der Waals surface area contributed by atoms with Gasteiger partial charge in [-0.15, -0.1) is 0 Å². The Bertz CT molecular complexity index is 712. The van der Waals surface area contributed by atoms with E-state index in [1.165, 1.54) is 24.0 Å². The van der Waals surface area contributed by atoms with Crippen LogP contribution in [0.5, 0.6) is 0 Å². The van der Waals surface area contributed by atoms with Crippen molar-refractivity contribution in [3.63, 3.8) is 0 Å². The standard InChI is InChI=1S/C11H19NO5.C11H19NO4/c1-11(2,3)17-10(15)12-6-7(13)5-8(12)9(14)16-4;1-11(2,3)16-10(14)12-7-5-6-8(12)9(13)15-4/h7-8,13H,5-6H2,1-4H3;8H,5-7H2,1-4H3. The number of carbonyl (C=O) groups is 4. The highest BCUT2D eigenvalue weighted by Gasteiger charge is 2.41. The highest BCUT2D eigenvalue weighted by molar-refractivity contribution is 5.82. The van der Waals surface area contributed by atoms with E-state index in [2.05, 4.69) is 9.47 Å². The maximum atomic E-state index is 11.8. The lowest BCUT2D eigenvalue weighted by molar-refractivity contribution is -0.146. The molecule has 3 atom stereocenters. The molecule has 0 aromatic heterocycles. The van der Waals surface area contributed by atoms with Gasteiger partial charge in [-0.25, -0.2) is 19.2 Å². The van der Waals surface area contributed by atoms with Gasteiger partial charge in [-0.2, -0.15) is 0 Å². The third-order valence-electron chi connectivity index (χ3n) is 4.73. The fourth-order valence-electron chi connectivity index (χ4n) is 3.38. The number of aliphatic hydroxyl groups excluding tert-OH is 1. The number of amides is 2. The molecule has 2 saturated heterocycles. The van der Waals surface area contributed by atoms with Crippen LogP contribution in [-0.2, 0) is 28.5 Å². The number of ether oxygens (including phenoxy) is 4. The molecule has 2 aliphatic rings. The van der Waals surface area contributed by atoms with E-state index >= 15 is 0 Å². The van der Waals surface area contributed by atoms with Crippen LogP contribution in [0.25, 0.3) is 0 Å². The molecular formula is C22H38N2O9. The quantitative estimate of drug-likeness (QED) is 0.472. The zero-order valence-corrected chi connectivity index (χ0v) is 20.9. The topological polar surface area (TPSA) is 132 Å². The smallest absolute Gasteiger partial charge is 0.411 e. The van der Waals surface area contributed by atoms with Gasteiger partial charge < -0.3 is 24.1 Å². The maximum Gasteiger partial charge on any atom is 0.411 e. The largest absolute Gasteiger partial charge is 0.467 e. The van der Waals surface area contributed by atoms with Gasteiger partial charge in [-0.3, -0.25) is 9.80 Å². The van der Waals surface area contributed by atoms with Gasteiger partial charge >= 0.3 is 24.1 Å². The number of hydrogen-bond acceptors (Lipinski definition) is 9. The molecule has 0 aliphatic carbocycles. The Kier molecular flexibility index (Phi) is 9.95. The van der Waals surface area contributed by atoms with Crippen molar-refractivity contribution in [3.8, 4) is 0 Å². The van der Waals surface area contributed by atoms with E-state index in [4.69, 9.17) is 9.47 Å². The summed E-state index contributed by atoms with van der Waals surface area (Å²) in [6.07, 6.45) is -0.131. The summed E-state index contributed by atoms with van der Waals surface area (Å²) in [5.41, 5.74) is -1.17. The first-order valence-corrected chi connectivity index (χ1v) is 10.9. The fourth-order valence-corrected chi connectivity index (χ4v) is 3.38. The summed E-state index contributed by atoms with van der Waals surface area (Å²) in [5, 5.41) is 9.50. The number of rotatable bonds is 2. The number of nitrogens with zero attached hydrogens (tertiary/aromatic N) is 2. The van der Waals surface area contributed by atoms with E-state index in [0.717, 1.165) is 6.42 Å². The number of β-amino-alcohol motifs (C(OH)–C–C–N with tert-alkyl or cyclic N) is 1. The summed E-state index contributed by atoms with van der Waals surface area (Å²) < 4.78 is 19.6. The van der Waals surface area contributed by atoms with Gasteiger partial charge in [0, 0.05) is 13.0 Å². The van der Waals surface area contributed by atoms with Crippen LogP contribution in [0.4, 0.5) is 9.59 Å². The van der Waals surface area contributed by atoms with Gasteiger partial charge in [0.1, 0.15) is 23.3 Å². The SMILES string of the molecule is COC(=O)C1CC(O)CN1C(=O)OC(C)(C)C.COC(=O)C1CCCN1C(=O)OC(C)(C)C. The molecule has 0 aromatic carbocycles. The fraction of sp³-hybridized carbons (Fsp3) is 0.818. The van der Waals surface area contributed by atoms with Crippen LogP contribution >= 0.6 is 0 Å². The van der Waals surface area contributed by atoms with Crippen LogP contribution in [0.2, 0.25) is 0 Å². The second kappa shape index (κ2) is 11.5. The lowest BCUT2D eigenvalue weighted by Crippen LogP contribution is -2.43. The molecule has 1 N–H and O–H groups in total. The Morgan fingerprint density at radius 1 is 0.788 bits per heavy atom. The second-order valence-corrected chi connectivity index (χ2v) is 9.92. The summed E-state index contributed by atoms with van der Waals surface area (Å²) in [6.45, 7) is 11.3. The molecule has 2 rings (SSSR count). The van der Waals surface area contributed by atoms with Crippen LogP contribution in [0.1, 0.15) is 60.8 Å². The summed E-state index contributed by atoms with van der Waals surface area (Å²) >= 11 is 0. The highest BCUT2D eigenvalue weighted by Crippen LogP contribution is 2.23. The Hall–Kier alpha value is -2.56. The maximum absolute atomic E-state index is 11.8. The van der Waals surface area contributed by atoms with Crippen molar-refractivity contribution in [3.05, 3.63) is 0 Å². The molecule has 190 valence electrons. The molecule has 0 bridgehead atoms. The van der Waals surface area contributed by atoms with Crippen molar-refractivity contribution in [1.29, 1.82) is 0 Å². The molecule has 0 saturated carbocycles. The highest BCUT2D eigenvalue weighted by atomic mass is 16.6. The third kappa shape index (κ3) is 9.07. The van der Waals surface area contributed by atoms with Crippen molar-refractivity contribution in [2.75, 3.05) is 27.3 Å². The van der Waals surface area contributed by atoms with E-state index in [1.807, 2.05) is 0 Å². The van der Waals surface area contributed by atoms with Crippen molar-refractivity contribution in [2.24, 2.45) is 0 Å². The normalized spacial score (nSPS) is 22.8. The van der Waals surface area contributed by atoms with Gasteiger partial charge in [0.15, 0.2) is 0 Å². The predicted molar refractivity (Wildman–Crippen MR) is 117 cm³/mol. The number of likely N-dealkylation sites (tertiary alicyclic amines) is 2. The van der Waals surface area contributed by atoms with E-state index in [0.29, 0.717) is 13.0 Å². The van der Waals surface area contributed by atoms with Gasteiger partial charge in [-0.05, 0) is 54.4 Å². The lowest BCUT2D eigenvalue weighted by atomic mass is 10.2. The number of aliphatic hydroxyl groups is 1. The van der Waals surface area contributed by atoms with Crippen LogP contribution in [0.15, 0.2) is 0 Å². The van der Waals surface area contributed by atoms with Crippen molar-refractivity contribution < 1.29 is 43.2 Å². The van der Waals surface area contributed by atoms with E-state index in [1.54, 1.807) is 41.5 Å². The van der Waals surface area contributed by atoms with Crippen molar-refractivity contribution in [1.82, 2.24) is 9.80 Å². The Morgan fingerprint density at radius 3 is 1.70 bits per heavy atom. The minimum atomic E-state index is -0.759. The van der Waals surface area contributed by atoms with Crippen LogP contribution in [-0.4, -0.2) is 95.7 Å². The Labute approximate surface area is 195 Å². The van der Waals surface area contributed by atoms with Crippen molar-refractivity contribution in [2.45, 2.75) is 90.2 Å². The summed E-state index contributed by atoms with van der Waals surface area (Å²) in [6, 6.07) is -1.25. The van der Waals surface area contributed by atoms with Gasteiger partial charge in [0.05, 0.1) is 26.9 Å². The predicted octanol–water partition coefficient (Wildman–Crippen LogP) is 2.09. The van der Waals surface area contributed by atoms with E-state index in [-0.39, 0.29) is 18.9 Å². The average Bonchev–Trinajstić information content (AvgIpc) is 3.31. The first-order chi connectivity index (χ1) is 15.1. The molecular weight excluding hydrogens is 436 g/mol. The minimum Gasteiger partial charge on any atom is -0.467 e. The number of methoxy groups -OCH3 is 2. The Morgan fingerprint density at radius 2 is 1.24 bits per heavy atom. The molecule has 0 radical (unpaired) electrons. The zero-order valence-electron chi connectivity index (χ0n) is 20.9. The molecule has 3 unspecified atom stereocenters. The summed E-state index contributed by atoms with van der Waals surface area (Å²) in [4.78, 5) is 49.1. The molecule has 2 amide bonds.